The summed E-state index contributed by atoms with van der Waals surface area (Å²) in [5.74, 6) is -0.121. The van der Waals surface area contributed by atoms with Crippen LogP contribution in [0.2, 0.25) is 0 Å². The summed E-state index contributed by atoms with van der Waals surface area (Å²) in [6.07, 6.45) is 7.79. The number of aromatic nitrogens is 2. The molecule has 2 aromatic rings. The molecule has 1 aliphatic rings. The van der Waals surface area contributed by atoms with Crippen LogP contribution in [0.4, 0.5) is 0 Å². The van der Waals surface area contributed by atoms with Gasteiger partial charge in [0, 0.05) is 43.6 Å². The maximum absolute atomic E-state index is 12.6. The molecule has 8 heteroatoms. The molecule has 1 N–H and O–H groups in total. The third-order valence-corrected chi connectivity index (χ3v) is 7.71. The van der Waals surface area contributed by atoms with Gasteiger partial charge in [-0.3, -0.25) is 4.79 Å². The lowest BCUT2D eigenvalue weighted by molar-refractivity contribution is 0.0952. The molecular weight excluding hydrogens is 376 g/mol. The van der Waals surface area contributed by atoms with Gasteiger partial charge in [-0.25, -0.2) is 13.4 Å². The van der Waals surface area contributed by atoms with Gasteiger partial charge in [-0.2, -0.15) is 4.31 Å². The number of sulfonamides is 1. The third kappa shape index (κ3) is 4.80. The van der Waals surface area contributed by atoms with E-state index in [9.17, 15) is 13.2 Å². The summed E-state index contributed by atoms with van der Waals surface area (Å²) in [5.41, 5.74) is 1.47. The lowest BCUT2D eigenvalue weighted by Crippen LogP contribution is -2.47. The molecular formula is C20H28N4O3S. The number of amides is 1. The molecule has 3 rings (SSSR count). The van der Waals surface area contributed by atoms with Crippen molar-refractivity contribution in [3.63, 3.8) is 0 Å². The smallest absolute Gasteiger partial charge is 0.251 e. The van der Waals surface area contributed by atoms with Gasteiger partial charge in [-0.15, -0.1) is 0 Å². The molecule has 1 aliphatic heterocycles. The van der Waals surface area contributed by atoms with E-state index < -0.39 is 10.0 Å². The Hall–Kier alpha value is -2.19. The summed E-state index contributed by atoms with van der Waals surface area (Å²) in [5, 5.41) is 2.57. The SMILES string of the molecule is C[C@H]1CC[C@H](C)S(=O)(=O)N1Cc1ccc(C(=O)NCCCn2ccnc2)cc1. The van der Waals surface area contributed by atoms with E-state index in [2.05, 4.69) is 10.3 Å². The summed E-state index contributed by atoms with van der Waals surface area (Å²) in [4.78, 5) is 16.3. The lowest BCUT2D eigenvalue weighted by Gasteiger charge is -2.36. The number of nitrogens with zero attached hydrogens (tertiary/aromatic N) is 3. The average Bonchev–Trinajstić information content (AvgIpc) is 3.20. The van der Waals surface area contributed by atoms with Crippen LogP contribution >= 0.6 is 0 Å². The first-order valence-corrected chi connectivity index (χ1v) is 11.2. The minimum atomic E-state index is -3.26. The highest BCUT2D eigenvalue weighted by Crippen LogP contribution is 2.27. The van der Waals surface area contributed by atoms with Crippen molar-refractivity contribution in [2.24, 2.45) is 0 Å². The fourth-order valence-electron chi connectivity index (χ4n) is 3.42. The minimum absolute atomic E-state index is 0.000304. The highest BCUT2D eigenvalue weighted by atomic mass is 32.2. The molecule has 152 valence electrons. The average molecular weight is 405 g/mol. The Morgan fingerprint density at radius 2 is 1.96 bits per heavy atom. The van der Waals surface area contributed by atoms with Gasteiger partial charge in [-0.1, -0.05) is 12.1 Å². The number of rotatable bonds is 7. The van der Waals surface area contributed by atoms with E-state index in [0.717, 1.165) is 24.9 Å². The Balaban J connectivity index is 1.53. The highest BCUT2D eigenvalue weighted by Gasteiger charge is 2.36. The van der Waals surface area contributed by atoms with Gasteiger partial charge in [0.2, 0.25) is 10.0 Å². The number of imidazole rings is 1. The van der Waals surface area contributed by atoms with Gasteiger partial charge in [0.25, 0.3) is 5.91 Å². The van der Waals surface area contributed by atoms with Crippen LogP contribution in [0.1, 0.15) is 49.0 Å². The van der Waals surface area contributed by atoms with Crippen molar-refractivity contribution in [2.75, 3.05) is 6.54 Å². The molecule has 0 unspecified atom stereocenters. The predicted molar refractivity (Wildman–Crippen MR) is 108 cm³/mol. The topological polar surface area (TPSA) is 84.3 Å². The number of hydrogen-bond acceptors (Lipinski definition) is 4. The molecule has 1 saturated heterocycles. The van der Waals surface area contributed by atoms with E-state index in [0.29, 0.717) is 25.1 Å². The number of benzene rings is 1. The van der Waals surface area contributed by atoms with E-state index in [1.807, 2.05) is 29.8 Å². The minimum Gasteiger partial charge on any atom is -0.352 e. The monoisotopic (exact) mass is 404 g/mol. The second kappa shape index (κ2) is 8.87. The van der Waals surface area contributed by atoms with Gasteiger partial charge in [0.15, 0.2) is 0 Å². The molecule has 1 aromatic heterocycles. The predicted octanol–water partition coefficient (Wildman–Crippen LogP) is 2.41. The lowest BCUT2D eigenvalue weighted by atomic mass is 10.1. The number of aryl methyl sites for hydroxylation is 1. The largest absolute Gasteiger partial charge is 0.352 e. The van der Waals surface area contributed by atoms with E-state index in [1.54, 1.807) is 35.9 Å². The summed E-state index contributed by atoms with van der Waals surface area (Å²) in [7, 11) is -3.26. The number of carbonyl (C=O) groups is 1. The van der Waals surface area contributed by atoms with Crippen molar-refractivity contribution in [1.29, 1.82) is 0 Å². The van der Waals surface area contributed by atoms with Gasteiger partial charge in [-0.05, 0) is 50.8 Å². The van der Waals surface area contributed by atoms with Crippen molar-refractivity contribution in [1.82, 2.24) is 19.2 Å². The molecule has 1 amide bonds. The molecule has 28 heavy (non-hydrogen) atoms. The van der Waals surface area contributed by atoms with Crippen molar-refractivity contribution in [3.05, 3.63) is 54.1 Å². The highest BCUT2D eigenvalue weighted by molar-refractivity contribution is 7.89. The maximum Gasteiger partial charge on any atom is 0.251 e. The number of carbonyl (C=O) groups excluding carboxylic acids is 1. The van der Waals surface area contributed by atoms with Gasteiger partial charge >= 0.3 is 0 Å². The van der Waals surface area contributed by atoms with Crippen LogP contribution in [-0.4, -0.2) is 46.0 Å². The summed E-state index contributed by atoms with van der Waals surface area (Å²) in [6, 6.07) is 7.18. The Morgan fingerprint density at radius 1 is 1.21 bits per heavy atom. The second-order valence-corrected chi connectivity index (χ2v) is 9.74. The quantitative estimate of drug-likeness (QED) is 0.718. The van der Waals surface area contributed by atoms with Gasteiger partial charge in [0.1, 0.15) is 0 Å². The standard InChI is InChI=1S/C20H28N4O3S/c1-16-4-5-17(2)28(26,27)24(16)14-18-6-8-19(9-7-18)20(25)22-10-3-12-23-13-11-21-15-23/h6-9,11,13,15-17H,3-5,10,12,14H2,1-2H3,(H,22,25)/t16-,17-/m0/s1. The number of hydrogen-bond donors (Lipinski definition) is 1. The molecule has 0 aliphatic carbocycles. The normalized spacial score (nSPS) is 22.1. The Morgan fingerprint density at radius 3 is 2.64 bits per heavy atom. The van der Waals surface area contributed by atoms with E-state index >= 15 is 0 Å². The Kier molecular flexibility index (Phi) is 6.51. The van der Waals surface area contributed by atoms with Gasteiger partial charge in [0.05, 0.1) is 11.6 Å². The third-order valence-electron chi connectivity index (χ3n) is 5.31. The molecule has 1 fully saturated rings. The van der Waals surface area contributed by atoms with E-state index in [4.69, 9.17) is 0 Å². The van der Waals surface area contributed by atoms with E-state index in [-0.39, 0.29) is 17.2 Å². The van der Waals surface area contributed by atoms with E-state index in [1.165, 1.54) is 0 Å². The second-order valence-electron chi connectivity index (χ2n) is 7.43. The van der Waals surface area contributed by atoms with Crippen LogP contribution < -0.4 is 5.32 Å². The van der Waals surface area contributed by atoms with Crippen LogP contribution in [0.3, 0.4) is 0 Å². The summed E-state index contributed by atoms with van der Waals surface area (Å²) in [6.45, 7) is 5.46. The zero-order chi connectivity index (χ0) is 20.1. The zero-order valence-electron chi connectivity index (χ0n) is 16.4. The van der Waals surface area contributed by atoms with Crippen LogP contribution in [0, 0.1) is 0 Å². The fraction of sp³-hybridized carbons (Fsp3) is 0.500. The van der Waals surface area contributed by atoms with Crippen LogP contribution in [0.25, 0.3) is 0 Å². The first kappa shape index (κ1) is 20.5. The van der Waals surface area contributed by atoms with Crippen molar-refractivity contribution < 1.29 is 13.2 Å². The van der Waals surface area contributed by atoms with Crippen molar-refractivity contribution in [3.8, 4) is 0 Å². The molecule has 2 heterocycles. The van der Waals surface area contributed by atoms with Crippen LogP contribution in [0.15, 0.2) is 43.0 Å². The maximum atomic E-state index is 12.6. The molecule has 7 nitrogen and oxygen atoms in total. The van der Waals surface area contributed by atoms with Crippen molar-refractivity contribution >= 4 is 15.9 Å². The van der Waals surface area contributed by atoms with Crippen LogP contribution in [-0.2, 0) is 23.1 Å². The molecule has 0 bridgehead atoms. The molecule has 2 atom stereocenters. The molecule has 0 radical (unpaired) electrons. The molecule has 0 saturated carbocycles. The Labute approximate surface area is 166 Å². The summed E-state index contributed by atoms with van der Waals surface area (Å²) >= 11 is 0. The number of nitrogens with one attached hydrogen (secondary N) is 1. The first-order chi connectivity index (χ1) is 13.4. The zero-order valence-corrected chi connectivity index (χ0v) is 17.2. The van der Waals surface area contributed by atoms with Crippen LogP contribution in [0.5, 0.6) is 0 Å². The van der Waals surface area contributed by atoms with Crippen molar-refractivity contribution in [2.45, 2.75) is 57.5 Å². The fourth-order valence-corrected chi connectivity index (χ4v) is 5.25. The summed E-state index contributed by atoms with van der Waals surface area (Å²) < 4.78 is 28.7. The molecule has 0 spiro atoms. The Bertz CT molecular complexity index is 879. The molecule has 1 aromatic carbocycles. The van der Waals surface area contributed by atoms with Gasteiger partial charge < -0.3 is 9.88 Å². The first-order valence-electron chi connectivity index (χ1n) is 9.71.